The van der Waals surface area contributed by atoms with E-state index in [2.05, 4.69) is 9.71 Å². The molecule has 8 nitrogen and oxygen atoms in total. The van der Waals surface area contributed by atoms with E-state index in [0.717, 1.165) is 23.5 Å². The first-order valence-corrected chi connectivity index (χ1v) is 12.7. The zero-order valence-electron chi connectivity index (χ0n) is 18.3. The second-order valence-corrected chi connectivity index (χ2v) is 10.3. The van der Waals surface area contributed by atoms with Crippen molar-refractivity contribution in [1.29, 1.82) is 0 Å². The summed E-state index contributed by atoms with van der Waals surface area (Å²) in [7, 11) is -3.07. The summed E-state index contributed by atoms with van der Waals surface area (Å²) in [4.78, 5) is 16.9. The number of carboxylic acid groups (broad SMARTS) is 1. The fraction of sp³-hybridized carbons (Fsp3) is 0.273. The molecule has 0 atom stereocenters. The molecule has 13 heteroatoms. The molecule has 1 aliphatic heterocycles. The summed E-state index contributed by atoms with van der Waals surface area (Å²) in [6.07, 6.45) is 0.261. The monoisotopic (exact) mass is 527 g/mol. The van der Waals surface area contributed by atoms with Crippen LogP contribution in [0.3, 0.4) is 0 Å². The number of aromatic carboxylic acids is 1. The van der Waals surface area contributed by atoms with Gasteiger partial charge in [-0.05, 0) is 36.8 Å². The molecule has 0 saturated carbocycles. The highest BCUT2D eigenvalue weighted by atomic mass is 32.2. The first kappa shape index (κ1) is 24.8. The van der Waals surface area contributed by atoms with Crippen LogP contribution >= 0.6 is 11.3 Å². The topological polar surface area (TPSA) is 109 Å². The van der Waals surface area contributed by atoms with Crippen molar-refractivity contribution < 1.29 is 36.2 Å². The molecule has 1 aliphatic rings. The van der Waals surface area contributed by atoms with Crippen LogP contribution in [0.5, 0.6) is 5.75 Å². The van der Waals surface area contributed by atoms with Crippen LogP contribution in [-0.2, 0) is 10.0 Å². The van der Waals surface area contributed by atoms with Crippen LogP contribution in [0.15, 0.2) is 46.8 Å². The highest BCUT2D eigenvalue weighted by molar-refractivity contribution is 7.92. The van der Waals surface area contributed by atoms with Gasteiger partial charge in [-0.2, -0.15) is 8.42 Å². The number of rotatable bonds is 7. The number of sulfonamides is 1. The van der Waals surface area contributed by atoms with Crippen molar-refractivity contribution in [2.45, 2.75) is 23.8 Å². The summed E-state index contributed by atoms with van der Waals surface area (Å²) >= 11 is 1.05. The number of hydrogen-bond donors (Lipinski definition) is 2. The molecule has 2 N–H and O–H groups in total. The van der Waals surface area contributed by atoms with Crippen LogP contribution < -0.4 is 14.4 Å². The van der Waals surface area contributed by atoms with E-state index in [4.69, 9.17) is 9.84 Å². The van der Waals surface area contributed by atoms with E-state index in [9.17, 15) is 26.4 Å². The first-order chi connectivity index (χ1) is 16.5. The predicted molar refractivity (Wildman–Crippen MR) is 125 cm³/mol. The molecule has 2 heterocycles. The fourth-order valence-corrected chi connectivity index (χ4v) is 5.84. The largest absolute Gasteiger partial charge is 0.495 e. The number of nitrogens with zero attached hydrogens (tertiary/aromatic N) is 2. The normalized spacial score (nSPS) is 15.6. The van der Waals surface area contributed by atoms with Crippen LogP contribution in [-0.4, -0.2) is 50.6 Å². The van der Waals surface area contributed by atoms with Crippen LogP contribution in [0.4, 0.5) is 24.5 Å². The number of methoxy groups -OCH3 is 1. The summed E-state index contributed by atoms with van der Waals surface area (Å²) < 4.78 is 74.3. The number of carboxylic acids is 1. The average molecular weight is 528 g/mol. The molecule has 35 heavy (non-hydrogen) atoms. The maximum Gasteiger partial charge on any atom is 0.338 e. The summed E-state index contributed by atoms with van der Waals surface area (Å²) in [6.45, 7) is 0.174. The van der Waals surface area contributed by atoms with E-state index >= 15 is 0 Å². The lowest BCUT2D eigenvalue weighted by molar-refractivity contribution is -0.0116. The van der Waals surface area contributed by atoms with Crippen LogP contribution in [0.1, 0.15) is 23.2 Å². The number of anilines is 2. The van der Waals surface area contributed by atoms with Crippen molar-refractivity contribution in [2.75, 3.05) is 29.8 Å². The van der Waals surface area contributed by atoms with E-state index in [-0.39, 0.29) is 29.4 Å². The number of benzene rings is 2. The third-order valence-electron chi connectivity index (χ3n) is 5.39. The van der Waals surface area contributed by atoms with E-state index in [1.165, 1.54) is 12.5 Å². The molecular formula is C22H20F3N3O5S2. The Hall–Kier alpha value is -3.32. The molecule has 0 aliphatic carbocycles. The van der Waals surface area contributed by atoms with Crippen LogP contribution in [0.25, 0.3) is 10.6 Å². The van der Waals surface area contributed by atoms with Crippen molar-refractivity contribution in [3.63, 3.8) is 0 Å². The number of hydrogen-bond acceptors (Lipinski definition) is 7. The van der Waals surface area contributed by atoms with Gasteiger partial charge in [-0.3, -0.25) is 4.72 Å². The van der Waals surface area contributed by atoms with Crippen LogP contribution in [0.2, 0.25) is 0 Å². The number of aromatic nitrogens is 1. The molecule has 1 fully saturated rings. The molecule has 0 amide bonds. The second kappa shape index (κ2) is 9.38. The van der Waals surface area contributed by atoms with Gasteiger partial charge in [-0.15, -0.1) is 11.3 Å². The van der Waals surface area contributed by atoms with Gasteiger partial charge in [0.2, 0.25) is 0 Å². The van der Waals surface area contributed by atoms with Gasteiger partial charge in [0.25, 0.3) is 15.9 Å². The number of nitrogens with one attached hydrogen (secondary N) is 1. The lowest BCUT2D eigenvalue weighted by Gasteiger charge is -2.34. The number of ether oxygens (including phenoxy) is 1. The van der Waals surface area contributed by atoms with Gasteiger partial charge in [-0.25, -0.2) is 22.9 Å². The van der Waals surface area contributed by atoms with Crippen LogP contribution in [0, 0.1) is 5.82 Å². The van der Waals surface area contributed by atoms with Crippen molar-refractivity contribution in [1.82, 2.24) is 4.98 Å². The highest BCUT2D eigenvalue weighted by Crippen LogP contribution is 2.34. The minimum atomic E-state index is -4.26. The maximum atomic E-state index is 14.1. The van der Waals surface area contributed by atoms with E-state index in [1.54, 1.807) is 29.2 Å². The molecule has 186 valence electrons. The fourth-order valence-electron chi connectivity index (χ4n) is 3.68. The zero-order chi connectivity index (χ0) is 25.4. The van der Waals surface area contributed by atoms with Gasteiger partial charge in [0, 0.05) is 35.7 Å². The van der Waals surface area contributed by atoms with E-state index < -0.39 is 33.3 Å². The van der Waals surface area contributed by atoms with E-state index in [0.29, 0.717) is 29.2 Å². The van der Waals surface area contributed by atoms with Crippen molar-refractivity contribution in [2.24, 2.45) is 0 Å². The van der Waals surface area contributed by atoms with Crippen molar-refractivity contribution >= 4 is 38.7 Å². The number of carbonyl (C=O) groups is 1. The Morgan fingerprint density at radius 3 is 2.60 bits per heavy atom. The van der Waals surface area contributed by atoms with E-state index in [1.807, 2.05) is 0 Å². The van der Waals surface area contributed by atoms with Gasteiger partial charge in [0.15, 0.2) is 5.03 Å². The predicted octanol–water partition coefficient (Wildman–Crippen LogP) is 4.69. The Morgan fingerprint density at radius 1 is 1.26 bits per heavy atom. The third-order valence-corrected chi connectivity index (χ3v) is 7.68. The molecule has 0 unspecified atom stereocenters. The maximum absolute atomic E-state index is 14.1. The second-order valence-electron chi connectivity index (χ2n) is 7.86. The zero-order valence-corrected chi connectivity index (χ0v) is 19.9. The van der Waals surface area contributed by atoms with Gasteiger partial charge >= 0.3 is 5.97 Å². The Kier molecular flexibility index (Phi) is 6.64. The summed E-state index contributed by atoms with van der Waals surface area (Å²) in [5, 5.41) is 10.4. The molecule has 3 aromatic rings. The standard InChI is InChI=1S/C22H20F3N3O5S2/c1-33-18-9-15(21(29)30)16(23)10-17(18)27-35(31,32)19-11-34-20(26-19)13-3-5-14(6-4-13)28-8-2-7-22(24,25)12-28/h3-6,9-11,27H,2,7-8,12H2,1H3,(H,29,30). The molecular weight excluding hydrogens is 507 g/mol. The Bertz CT molecular complexity index is 1360. The molecule has 0 bridgehead atoms. The summed E-state index contributed by atoms with van der Waals surface area (Å²) in [6, 6.07) is 8.31. The van der Waals surface area contributed by atoms with Gasteiger partial charge in [0.1, 0.15) is 16.6 Å². The minimum absolute atomic E-state index is 0.131. The third kappa shape index (κ3) is 5.35. The Morgan fingerprint density at radius 2 is 1.97 bits per heavy atom. The number of thiazole rings is 1. The molecule has 0 radical (unpaired) electrons. The van der Waals surface area contributed by atoms with Crippen molar-refractivity contribution in [3.05, 3.63) is 53.2 Å². The number of piperidine rings is 1. The van der Waals surface area contributed by atoms with Crippen molar-refractivity contribution in [3.8, 4) is 16.3 Å². The molecule has 0 spiro atoms. The first-order valence-electron chi connectivity index (χ1n) is 10.3. The SMILES string of the molecule is COc1cc(C(=O)O)c(F)cc1NS(=O)(=O)c1csc(-c2ccc(N3CCCC(F)(F)C3)cc2)n1. The summed E-state index contributed by atoms with van der Waals surface area (Å²) in [5.41, 5.74) is 0.279. The number of alkyl halides is 2. The smallest absolute Gasteiger partial charge is 0.338 e. The average Bonchev–Trinajstić information content (AvgIpc) is 3.30. The molecule has 1 aromatic heterocycles. The van der Waals surface area contributed by atoms with Gasteiger partial charge in [-0.1, -0.05) is 0 Å². The quantitative estimate of drug-likeness (QED) is 0.459. The lowest BCUT2D eigenvalue weighted by atomic mass is 10.1. The van der Waals surface area contributed by atoms with Gasteiger partial charge < -0.3 is 14.7 Å². The molecule has 2 aromatic carbocycles. The highest BCUT2D eigenvalue weighted by Gasteiger charge is 2.35. The van der Waals surface area contributed by atoms with Gasteiger partial charge in [0.05, 0.1) is 24.9 Å². The lowest BCUT2D eigenvalue weighted by Crippen LogP contribution is -2.42. The number of halogens is 3. The summed E-state index contributed by atoms with van der Waals surface area (Å²) in [5.74, 6) is -5.58. The molecule has 4 rings (SSSR count). The Balaban J connectivity index is 1.54. The Labute approximate surface area is 203 Å². The molecule has 1 saturated heterocycles. The minimum Gasteiger partial charge on any atom is -0.495 e.